The van der Waals surface area contributed by atoms with E-state index in [1.165, 1.54) is 0 Å². The summed E-state index contributed by atoms with van der Waals surface area (Å²) in [6, 6.07) is 11.8. The van der Waals surface area contributed by atoms with Gasteiger partial charge in [-0.25, -0.2) is 9.59 Å². The minimum Gasteiger partial charge on any atom is -0.507 e. The summed E-state index contributed by atoms with van der Waals surface area (Å²) in [7, 11) is 1.80. The number of phenolic OH excluding ortho intramolecular Hbond substituents is 1. The number of piperazine rings is 1. The van der Waals surface area contributed by atoms with Crippen molar-refractivity contribution >= 4 is 58.9 Å². The number of likely N-dealkylation sites (tertiary alicyclic amines) is 1. The highest BCUT2D eigenvalue weighted by Crippen LogP contribution is 2.31. The van der Waals surface area contributed by atoms with Crippen LogP contribution < -0.4 is 10.8 Å². The zero-order valence-electron chi connectivity index (χ0n) is 30.4. The number of ether oxygens (including phenoxy) is 2. The molecule has 0 spiro atoms. The predicted molar refractivity (Wildman–Crippen MR) is 204 cm³/mol. The van der Waals surface area contributed by atoms with Crippen LogP contribution in [0, 0.1) is 5.92 Å². The van der Waals surface area contributed by atoms with Gasteiger partial charge in [0.1, 0.15) is 13.6 Å². The van der Waals surface area contributed by atoms with Crippen molar-refractivity contribution in [3.05, 3.63) is 52.0 Å². The molecule has 280 valence electrons. The van der Waals surface area contributed by atoms with Crippen LogP contribution in [0.25, 0.3) is 0 Å². The maximum absolute atomic E-state index is 14.1. The van der Waals surface area contributed by atoms with Gasteiger partial charge in [0, 0.05) is 76.4 Å². The first-order chi connectivity index (χ1) is 25.1. The molecule has 4 amide bonds. The van der Waals surface area contributed by atoms with Crippen LogP contribution in [0.5, 0.6) is 5.75 Å². The molecule has 0 radical (unpaired) electrons. The number of carbonyl (C=O) groups is 4. The molecule has 3 aliphatic heterocycles. The molecule has 0 aromatic heterocycles. The van der Waals surface area contributed by atoms with E-state index < -0.39 is 12.2 Å². The van der Waals surface area contributed by atoms with Gasteiger partial charge in [-0.2, -0.15) is 0 Å². The van der Waals surface area contributed by atoms with Crippen molar-refractivity contribution in [2.75, 3.05) is 57.7 Å². The molecule has 1 aliphatic carbocycles. The number of piperidine rings is 1. The van der Waals surface area contributed by atoms with E-state index in [1.54, 1.807) is 18.8 Å². The fourth-order valence-corrected chi connectivity index (χ4v) is 8.90. The number of fused-ring (bicyclic) bond motifs is 1. The summed E-state index contributed by atoms with van der Waals surface area (Å²) in [5.74, 6) is 0.180. The number of hydrogen-bond acceptors (Lipinski definition) is 8. The van der Waals surface area contributed by atoms with Gasteiger partial charge in [-0.1, -0.05) is 24.3 Å². The molecular formula is C38H51BBrN5O7. The molecule has 2 N–H and O–H groups in total. The molecule has 3 heterocycles. The van der Waals surface area contributed by atoms with Crippen LogP contribution in [0.1, 0.15) is 63.0 Å². The Morgan fingerprint density at radius 2 is 1.65 bits per heavy atom. The number of rotatable bonds is 9. The molecule has 2 aromatic carbocycles. The molecule has 6 rings (SSSR count). The quantitative estimate of drug-likeness (QED) is 0.292. The molecule has 1 saturated carbocycles. The molecule has 4 aliphatic rings. The first-order valence-corrected chi connectivity index (χ1v) is 19.7. The Morgan fingerprint density at radius 1 is 0.942 bits per heavy atom. The topological polar surface area (TPSA) is 132 Å². The van der Waals surface area contributed by atoms with Gasteiger partial charge in [-0.05, 0) is 102 Å². The molecule has 2 aromatic rings. The summed E-state index contributed by atoms with van der Waals surface area (Å²) in [6.07, 6.45) is 5.17. The number of esters is 1. The zero-order valence-corrected chi connectivity index (χ0v) is 31.9. The van der Waals surface area contributed by atoms with E-state index >= 15 is 0 Å². The lowest BCUT2D eigenvalue weighted by molar-refractivity contribution is -0.144. The van der Waals surface area contributed by atoms with Crippen LogP contribution >= 0.6 is 15.9 Å². The Kier molecular flexibility index (Phi) is 12.7. The third-order valence-electron chi connectivity index (χ3n) is 11.3. The second-order valence-corrected chi connectivity index (χ2v) is 15.5. The van der Waals surface area contributed by atoms with Crippen molar-refractivity contribution in [3.8, 4) is 5.75 Å². The minimum absolute atomic E-state index is 0.00276. The van der Waals surface area contributed by atoms with Crippen molar-refractivity contribution in [1.82, 2.24) is 19.6 Å². The van der Waals surface area contributed by atoms with Gasteiger partial charge in [-0.15, -0.1) is 0 Å². The van der Waals surface area contributed by atoms with E-state index in [1.807, 2.05) is 47.1 Å². The highest BCUT2D eigenvalue weighted by Gasteiger charge is 2.37. The largest absolute Gasteiger partial charge is 0.507 e. The zero-order chi connectivity index (χ0) is 36.8. The lowest BCUT2D eigenvalue weighted by Crippen LogP contribution is -2.55. The third kappa shape index (κ3) is 9.23. The van der Waals surface area contributed by atoms with Crippen molar-refractivity contribution in [3.63, 3.8) is 0 Å². The van der Waals surface area contributed by atoms with Crippen LogP contribution in [0.15, 0.2) is 40.9 Å². The maximum Gasteiger partial charge on any atom is 0.410 e. The van der Waals surface area contributed by atoms with E-state index in [0.29, 0.717) is 80.5 Å². The summed E-state index contributed by atoms with van der Waals surface area (Å²) in [6.45, 7) is 6.28. The van der Waals surface area contributed by atoms with Gasteiger partial charge in [0.15, 0.2) is 6.10 Å². The number of aromatic hydroxyl groups is 1. The van der Waals surface area contributed by atoms with Crippen molar-refractivity contribution < 1.29 is 33.8 Å². The smallest absolute Gasteiger partial charge is 0.410 e. The summed E-state index contributed by atoms with van der Waals surface area (Å²) in [5.41, 5.74) is 3.40. The number of hydrogen-bond donors (Lipinski definition) is 2. The Morgan fingerprint density at radius 3 is 2.35 bits per heavy atom. The highest BCUT2D eigenvalue weighted by molar-refractivity contribution is 9.10. The third-order valence-corrected chi connectivity index (χ3v) is 11.9. The monoisotopic (exact) mass is 779 g/mol. The second kappa shape index (κ2) is 17.4. The number of nitrogens with zero attached hydrogens (tertiary/aromatic N) is 4. The first kappa shape index (κ1) is 38.0. The fourth-order valence-electron chi connectivity index (χ4n) is 8.29. The van der Waals surface area contributed by atoms with Crippen molar-refractivity contribution in [2.24, 2.45) is 5.92 Å². The van der Waals surface area contributed by atoms with E-state index in [0.717, 1.165) is 62.0 Å². The standard InChI is InChI=1S/C38H51BBrN5O7/c1-2-51-34(46)24-25-7-9-28(10-8-25)42-17-19-43(20-18-42)36(48)33(23-26-21-30(39)35(47)31(40)22-26)52-38(50)44-14-12-29(13-15-44)45-16-11-27-5-3-4-6-32(27)41-37(45)49/h3-6,21-22,25,28-29,33,47H,2,7-20,23-24,39H2,1H3,(H,41,49)/t25?,28?,33-/m1/s1. The lowest BCUT2D eigenvalue weighted by atomic mass is 9.83. The normalized spacial score (nSPS) is 22.2. The number of amides is 4. The lowest BCUT2D eigenvalue weighted by Gasteiger charge is -2.42. The van der Waals surface area contributed by atoms with Crippen LogP contribution in [0.3, 0.4) is 0 Å². The van der Waals surface area contributed by atoms with E-state index in [2.05, 4.69) is 26.1 Å². The molecule has 3 fully saturated rings. The predicted octanol–water partition coefficient (Wildman–Crippen LogP) is 3.67. The second-order valence-electron chi connectivity index (χ2n) is 14.6. The molecule has 1 atom stereocenters. The molecule has 12 nitrogen and oxygen atoms in total. The van der Waals surface area contributed by atoms with E-state index in [4.69, 9.17) is 9.47 Å². The molecule has 0 unspecified atom stereocenters. The number of halogens is 1. The van der Waals surface area contributed by atoms with Crippen LogP contribution in [-0.4, -0.2) is 127 Å². The fraction of sp³-hybridized carbons (Fsp3) is 0.579. The Hall–Kier alpha value is -3.78. The number of nitrogens with one attached hydrogen (secondary N) is 1. The number of carbonyl (C=O) groups excluding carboxylic acids is 4. The first-order valence-electron chi connectivity index (χ1n) is 18.9. The highest BCUT2D eigenvalue weighted by atomic mass is 79.9. The Bertz CT molecular complexity index is 1580. The maximum atomic E-state index is 14.1. The van der Waals surface area contributed by atoms with Crippen LogP contribution in [0.2, 0.25) is 0 Å². The van der Waals surface area contributed by atoms with Crippen molar-refractivity contribution in [2.45, 2.75) is 82.9 Å². The minimum atomic E-state index is -1.03. The number of para-hydroxylation sites is 1. The van der Waals surface area contributed by atoms with Gasteiger partial charge in [-0.3, -0.25) is 14.5 Å². The van der Waals surface area contributed by atoms with Gasteiger partial charge in [0.05, 0.1) is 11.1 Å². The molecule has 0 bridgehead atoms. The molecule has 52 heavy (non-hydrogen) atoms. The SMILES string of the molecule is Bc1cc(C[C@@H](OC(=O)N2CCC(N3CCc4ccccc4NC3=O)CC2)C(=O)N2CCN(C3CCC(CC(=O)OCC)CC3)CC2)cc(Br)c1O. The number of urea groups is 1. The van der Waals surface area contributed by atoms with Gasteiger partial charge in [0.25, 0.3) is 5.91 Å². The molecule has 14 heteroatoms. The number of anilines is 1. The van der Waals surface area contributed by atoms with Gasteiger partial charge in [0.2, 0.25) is 0 Å². The van der Waals surface area contributed by atoms with E-state index in [-0.39, 0.29) is 36.1 Å². The summed E-state index contributed by atoms with van der Waals surface area (Å²) in [4.78, 5) is 60.7. The van der Waals surface area contributed by atoms with Crippen LogP contribution in [0.4, 0.5) is 15.3 Å². The average Bonchev–Trinajstić information content (AvgIpc) is 3.31. The Balaban J connectivity index is 1.05. The van der Waals surface area contributed by atoms with Crippen LogP contribution in [-0.2, 0) is 31.9 Å². The van der Waals surface area contributed by atoms with Crippen molar-refractivity contribution in [1.29, 1.82) is 0 Å². The van der Waals surface area contributed by atoms with E-state index in [9.17, 15) is 24.3 Å². The molecule has 2 saturated heterocycles. The molecular weight excluding hydrogens is 729 g/mol. The number of phenols is 1. The summed E-state index contributed by atoms with van der Waals surface area (Å²) >= 11 is 3.41. The average molecular weight is 781 g/mol. The van der Waals surface area contributed by atoms with Gasteiger partial charge < -0.3 is 34.6 Å². The number of benzene rings is 2. The Labute approximate surface area is 315 Å². The summed E-state index contributed by atoms with van der Waals surface area (Å²) in [5, 5.41) is 13.4. The van der Waals surface area contributed by atoms with Gasteiger partial charge >= 0.3 is 18.1 Å². The summed E-state index contributed by atoms with van der Waals surface area (Å²) < 4.78 is 11.7.